The fourth-order valence-corrected chi connectivity index (χ4v) is 0.826. The van der Waals surface area contributed by atoms with E-state index in [9.17, 15) is 18.0 Å². The van der Waals surface area contributed by atoms with E-state index >= 15 is 0 Å². The highest BCUT2D eigenvalue weighted by atomic mass is 19.4. The zero-order valence-corrected chi connectivity index (χ0v) is 9.17. The summed E-state index contributed by atoms with van der Waals surface area (Å²) in [7, 11) is 0. The van der Waals surface area contributed by atoms with Gasteiger partial charge in [-0.15, -0.1) is 0 Å². The first-order valence-corrected chi connectivity index (χ1v) is 4.77. The molecule has 0 bridgehead atoms. The van der Waals surface area contributed by atoms with Gasteiger partial charge in [-0.25, -0.2) is 4.79 Å². The molecule has 0 spiro atoms. The molecule has 0 aromatic rings. The van der Waals surface area contributed by atoms with Gasteiger partial charge in [-0.2, -0.15) is 13.2 Å². The van der Waals surface area contributed by atoms with Crippen LogP contribution in [0.3, 0.4) is 0 Å². The Bertz CT molecular complexity index is 205. The minimum absolute atomic E-state index is 0.210. The van der Waals surface area contributed by atoms with Crippen LogP contribution in [0.2, 0.25) is 0 Å². The van der Waals surface area contributed by atoms with Crippen LogP contribution in [0.15, 0.2) is 0 Å². The number of ether oxygens (including phenoxy) is 3. The molecule has 1 atom stereocenters. The molecule has 0 rings (SSSR count). The van der Waals surface area contributed by atoms with Crippen LogP contribution in [0.4, 0.5) is 13.2 Å². The number of alkyl halides is 3. The number of esters is 1. The van der Waals surface area contributed by atoms with Crippen molar-refractivity contribution >= 4 is 5.97 Å². The summed E-state index contributed by atoms with van der Waals surface area (Å²) in [5, 5.41) is 0. The molecular formula is C9H15F3O4. The SMILES string of the molecule is CCOCC(C)OC(=O)COCC(F)(F)F. The van der Waals surface area contributed by atoms with Crippen molar-refractivity contribution < 1.29 is 32.2 Å². The maximum absolute atomic E-state index is 11.6. The second kappa shape index (κ2) is 7.45. The average molecular weight is 244 g/mol. The van der Waals surface area contributed by atoms with Gasteiger partial charge in [0, 0.05) is 6.61 Å². The predicted octanol–water partition coefficient (Wildman–Crippen LogP) is 1.53. The van der Waals surface area contributed by atoms with Crippen molar-refractivity contribution in [3.8, 4) is 0 Å². The molecule has 16 heavy (non-hydrogen) atoms. The molecule has 96 valence electrons. The standard InChI is InChI=1S/C9H15F3O4/c1-3-14-4-7(2)16-8(13)5-15-6-9(10,11)12/h7H,3-6H2,1-2H3. The smallest absolute Gasteiger partial charge is 0.411 e. The van der Waals surface area contributed by atoms with Gasteiger partial charge in [0.2, 0.25) is 0 Å². The molecule has 0 amide bonds. The lowest BCUT2D eigenvalue weighted by atomic mass is 10.4. The second-order valence-corrected chi connectivity index (χ2v) is 3.07. The van der Waals surface area contributed by atoms with Gasteiger partial charge < -0.3 is 14.2 Å². The fourth-order valence-electron chi connectivity index (χ4n) is 0.826. The van der Waals surface area contributed by atoms with E-state index < -0.39 is 31.5 Å². The molecule has 0 N–H and O–H groups in total. The first-order chi connectivity index (χ1) is 7.35. The molecular weight excluding hydrogens is 229 g/mol. The van der Waals surface area contributed by atoms with E-state index in [0.29, 0.717) is 6.61 Å². The maximum Gasteiger partial charge on any atom is 0.411 e. The van der Waals surface area contributed by atoms with Crippen LogP contribution in [0.1, 0.15) is 13.8 Å². The van der Waals surface area contributed by atoms with Crippen molar-refractivity contribution in [3.05, 3.63) is 0 Å². The third kappa shape index (κ3) is 9.72. The number of carbonyl (C=O) groups is 1. The molecule has 0 saturated heterocycles. The van der Waals surface area contributed by atoms with Crippen LogP contribution in [0, 0.1) is 0 Å². The highest BCUT2D eigenvalue weighted by molar-refractivity contribution is 5.70. The van der Waals surface area contributed by atoms with E-state index in [0.717, 1.165) is 0 Å². The van der Waals surface area contributed by atoms with Gasteiger partial charge in [0.1, 0.15) is 19.3 Å². The van der Waals surface area contributed by atoms with Crippen molar-refractivity contribution in [1.29, 1.82) is 0 Å². The topological polar surface area (TPSA) is 44.8 Å². The van der Waals surface area contributed by atoms with Crippen LogP contribution in [-0.2, 0) is 19.0 Å². The number of rotatable bonds is 7. The summed E-state index contributed by atoms with van der Waals surface area (Å²) in [6.07, 6.45) is -4.93. The Balaban J connectivity index is 3.58. The van der Waals surface area contributed by atoms with E-state index in [4.69, 9.17) is 9.47 Å². The summed E-state index contributed by atoms with van der Waals surface area (Å²) < 4.78 is 48.7. The van der Waals surface area contributed by atoms with E-state index in [1.807, 2.05) is 0 Å². The lowest BCUT2D eigenvalue weighted by Gasteiger charge is -2.13. The molecule has 0 aliphatic rings. The number of halogens is 3. The summed E-state index contributed by atoms with van der Waals surface area (Å²) in [5.41, 5.74) is 0. The molecule has 4 nitrogen and oxygen atoms in total. The Morgan fingerprint density at radius 2 is 1.94 bits per heavy atom. The van der Waals surface area contributed by atoms with Gasteiger partial charge in [-0.1, -0.05) is 0 Å². The Kier molecular flexibility index (Phi) is 7.07. The summed E-state index contributed by atoms with van der Waals surface area (Å²) in [6, 6.07) is 0. The zero-order valence-electron chi connectivity index (χ0n) is 9.17. The van der Waals surface area contributed by atoms with E-state index in [2.05, 4.69) is 4.74 Å². The van der Waals surface area contributed by atoms with Gasteiger partial charge in [0.25, 0.3) is 0 Å². The summed E-state index contributed by atoms with van der Waals surface area (Å²) in [5.74, 6) is -0.837. The minimum atomic E-state index is -4.43. The lowest BCUT2D eigenvalue weighted by Crippen LogP contribution is -2.25. The van der Waals surface area contributed by atoms with Crippen LogP contribution >= 0.6 is 0 Å². The third-order valence-corrected chi connectivity index (χ3v) is 1.37. The maximum atomic E-state index is 11.6. The Morgan fingerprint density at radius 3 is 2.44 bits per heavy atom. The van der Waals surface area contributed by atoms with Crippen LogP contribution in [0.5, 0.6) is 0 Å². The Hall–Kier alpha value is -0.820. The van der Waals surface area contributed by atoms with Gasteiger partial charge >= 0.3 is 12.1 Å². The molecule has 0 aromatic heterocycles. The summed E-state index contributed by atoms with van der Waals surface area (Å²) in [6.45, 7) is 1.88. The Labute approximate surface area is 91.7 Å². The molecule has 0 heterocycles. The van der Waals surface area contributed by atoms with Crippen LogP contribution in [-0.4, -0.2) is 44.7 Å². The fraction of sp³-hybridized carbons (Fsp3) is 0.889. The van der Waals surface area contributed by atoms with Gasteiger partial charge in [-0.3, -0.25) is 0 Å². The highest BCUT2D eigenvalue weighted by Gasteiger charge is 2.28. The van der Waals surface area contributed by atoms with Gasteiger partial charge in [0.15, 0.2) is 0 Å². The largest absolute Gasteiger partial charge is 0.459 e. The van der Waals surface area contributed by atoms with Crippen molar-refractivity contribution in [2.75, 3.05) is 26.4 Å². The molecule has 1 unspecified atom stereocenters. The molecule has 0 fully saturated rings. The summed E-state index contributed by atoms with van der Waals surface area (Å²) in [4.78, 5) is 10.9. The number of hydrogen-bond acceptors (Lipinski definition) is 4. The predicted molar refractivity (Wildman–Crippen MR) is 48.9 cm³/mol. The highest BCUT2D eigenvalue weighted by Crippen LogP contribution is 2.14. The first-order valence-electron chi connectivity index (χ1n) is 4.77. The second-order valence-electron chi connectivity index (χ2n) is 3.07. The average Bonchev–Trinajstić information content (AvgIpc) is 2.12. The number of hydrogen-bond donors (Lipinski definition) is 0. The van der Waals surface area contributed by atoms with Crippen LogP contribution in [0.25, 0.3) is 0 Å². The van der Waals surface area contributed by atoms with E-state index in [1.165, 1.54) is 0 Å². The molecule has 0 aliphatic heterocycles. The minimum Gasteiger partial charge on any atom is -0.459 e. The van der Waals surface area contributed by atoms with Gasteiger partial charge in [0.05, 0.1) is 6.61 Å². The molecule has 0 aromatic carbocycles. The van der Waals surface area contributed by atoms with Crippen molar-refractivity contribution in [2.24, 2.45) is 0 Å². The summed E-state index contributed by atoms with van der Waals surface area (Å²) >= 11 is 0. The lowest BCUT2D eigenvalue weighted by molar-refractivity contribution is -0.183. The quantitative estimate of drug-likeness (QED) is 0.637. The molecule has 0 saturated carbocycles. The van der Waals surface area contributed by atoms with E-state index in [-0.39, 0.29) is 6.61 Å². The monoisotopic (exact) mass is 244 g/mol. The Morgan fingerprint density at radius 1 is 1.31 bits per heavy atom. The van der Waals surface area contributed by atoms with Crippen molar-refractivity contribution in [2.45, 2.75) is 26.1 Å². The first kappa shape index (κ1) is 15.2. The zero-order chi connectivity index (χ0) is 12.6. The molecule has 7 heteroatoms. The normalized spacial score (nSPS) is 13.6. The molecule has 0 aliphatic carbocycles. The van der Waals surface area contributed by atoms with Crippen LogP contribution < -0.4 is 0 Å². The van der Waals surface area contributed by atoms with Crippen molar-refractivity contribution in [3.63, 3.8) is 0 Å². The van der Waals surface area contributed by atoms with E-state index in [1.54, 1.807) is 13.8 Å². The van der Waals surface area contributed by atoms with Gasteiger partial charge in [-0.05, 0) is 13.8 Å². The van der Waals surface area contributed by atoms with Crippen molar-refractivity contribution in [1.82, 2.24) is 0 Å². The molecule has 0 radical (unpaired) electrons. The third-order valence-electron chi connectivity index (χ3n) is 1.37. The number of carbonyl (C=O) groups excluding carboxylic acids is 1.